The van der Waals surface area contributed by atoms with Gasteiger partial charge >= 0.3 is 147 Å². The van der Waals surface area contributed by atoms with E-state index in [9.17, 15) is 0 Å². The van der Waals surface area contributed by atoms with E-state index in [0.717, 1.165) is 13.7 Å². The Hall–Kier alpha value is 1.82. The molecule has 7 heteroatoms. The molecule has 0 bridgehead atoms. The van der Waals surface area contributed by atoms with E-state index in [4.69, 9.17) is 0 Å². The molecule has 0 aliphatic rings. The molecule has 21 heavy (non-hydrogen) atoms. The van der Waals surface area contributed by atoms with Gasteiger partial charge in [-0.2, -0.15) is 0 Å². The molecule has 0 nitrogen and oxygen atoms in total. The minimum absolute atomic E-state index is 1.01. The summed E-state index contributed by atoms with van der Waals surface area (Å²) in [6.07, 6.45) is 0. The van der Waals surface area contributed by atoms with E-state index >= 15 is 0 Å². The Morgan fingerprint density at radius 2 is 0.476 bits per heavy atom. The van der Waals surface area contributed by atoms with Gasteiger partial charge in [-0.1, -0.05) is 0 Å². The predicted molar refractivity (Wildman–Crippen MR) is 122 cm³/mol. The predicted octanol–water partition coefficient (Wildman–Crippen LogP) is 5.51. The van der Waals surface area contributed by atoms with Crippen LogP contribution in [0.3, 0.4) is 0 Å². The molecule has 0 saturated heterocycles. The van der Waals surface area contributed by atoms with E-state index in [-0.39, 0.29) is 0 Å². The zero-order valence-corrected chi connectivity index (χ0v) is 25.1. The average molecular weight is 458 g/mol. The maximum absolute atomic E-state index is 2.89. The first-order valence-corrected chi connectivity index (χ1v) is 36.4. The van der Waals surface area contributed by atoms with Crippen LogP contribution in [-0.4, -0.2) is 55.5 Å². The van der Waals surface area contributed by atoms with E-state index in [1.807, 2.05) is 0 Å². The zero-order valence-electron chi connectivity index (χ0n) is 17.4. The van der Waals surface area contributed by atoms with Crippen molar-refractivity contribution in [3.63, 3.8) is 0 Å². The molecule has 0 rings (SSSR count). The van der Waals surface area contributed by atoms with Gasteiger partial charge in [-0.3, -0.25) is 0 Å². The third-order valence-electron chi connectivity index (χ3n) is 6.13. The van der Waals surface area contributed by atoms with Gasteiger partial charge in [-0.15, -0.1) is 0 Å². The molecule has 0 aromatic heterocycles. The number of rotatable bonds is 6. The van der Waals surface area contributed by atoms with Crippen LogP contribution >= 0.6 is 0 Å². The molecule has 0 aliphatic heterocycles. The average Bonchev–Trinajstić information content (AvgIpc) is 2.09. The van der Waals surface area contributed by atoms with Crippen LogP contribution in [0, 0.1) is 0 Å². The van der Waals surface area contributed by atoms with Crippen LogP contribution in [0.15, 0.2) is 0 Å². The summed E-state index contributed by atoms with van der Waals surface area (Å²) in [5.41, 5.74) is -2.07. The summed E-state index contributed by atoms with van der Waals surface area (Å²) >= 11 is 1.05. The Bertz CT molecular complexity index is 303. The second kappa shape index (κ2) is 6.28. The Morgan fingerprint density at radius 3 is 0.571 bits per heavy atom. The minimum atomic E-state index is -1.04. The summed E-state index contributed by atoms with van der Waals surface area (Å²) in [7, 11) is -4.02. The summed E-state index contributed by atoms with van der Waals surface area (Å²) in [6.45, 7) is 38.5. The first-order chi connectivity index (χ1) is 8.71. The van der Waals surface area contributed by atoms with Gasteiger partial charge in [0.25, 0.3) is 0 Å². The van der Waals surface area contributed by atoms with Crippen LogP contribution in [0.1, 0.15) is 0 Å². The van der Waals surface area contributed by atoms with Crippen molar-refractivity contribution in [2.24, 2.45) is 0 Å². The molecule has 0 atom stereocenters. The fourth-order valence-corrected chi connectivity index (χ4v) is 223. The molecular weight excluding hydrogens is 416 g/mol. The van der Waals surface area contributed by atoms with Gasteiger partial charge in [0.2, 0.25) is 0 Å². The van der Waals surface area contributed by atoms with Crippen molar-refractivity contribution in [2.75, 3.05) is 0 Å². The van der Waals surface area contributed by atoms with Gasteiger partial charge in [0.05, 0.1) is 0 Å². The molecule has 0 N–H and O–H groups in total. The van der Waals surface area contributed by atoms with E-state index in [2.05, 4.69) is 91.7 Å². The van der Waals surface area contributed by atoms with Crippen LogP contribution in [0.5, 0.6) is 0 Å². The Labute approximate surface area is 146 Å². The van der Waals surface area contributed by atoms with Crippen LogP contribution in [-0.2, 0) is 0 Å². The van der Waals surface area contributed by atoms with E-state index in [0.29, 0.717) is 0 Å². The second-order valence-electron chi connectivity index (χ2n) is 11.2. The van der Waals surface area contributed by atoms with Crippen LogP contribution in [0.2, 0.25) is 91.7 Å². The molecule has 0 fully saturated rings. The molecule has 0 aromatic carbocycles. The molecule has 0 unspecified atom stereocenters. The molecule has 0 spiro atoms. The Balaban J connectivity index is 6.15. The second-order valence-corrected chi connectivity index (χ2v) is 91.0. The normalized spacial score (nSPS) is 16.3. The first kappa shape index (κ1) is 22.8. The van der Waals surface area contributed by atoms with Gasteiger partial charge in [-0.25, -0.2) is 0 Å². The van der Waals surface area contributed by atoms with E-state index in [1.165, 1.54) is 0 Å². The SMILES string of the molecule is C[Si](C)(C)[Si](C)([Se][Si](C)([Si](C)(C)C)[Si](C)(C)C)[Si](C)(C)C. The Kier molecular flexibility index (Phi) is 6.82. The quantitative estimate of drug-likeness (QED) is 0.461. The van der Waals surface area contributed by atoms with Crippen molar-refractivity contribution in [3.05, 3.63) is 0 Å². The molecule has 0 aromatic rings. The van der Waals surface area contributed by atoms with Crippen LogP contribution in [0.25, 0.3) is 0 Å². The molecule has 0 amide bonds. The molecule has 0 heterocycles. The van der Waals surface area contributed by atoms with Crippen molar-refractivity contribution in [1.82, 2.24) is 0 Å². The number of hydrogen-bond donors (Lipinski definition) is 0. The summed E-state index contributed by atoms with van der Waals surface area (Å²) in [5.74, 6) is 0. The van der Waals surface area contributed by atoms with E-state index in [1.54, 1.807) is 0 Å². The molecule has 128 valence electrons. The van der Waals surface area contributed by atoms with Crippen molar-refractivity contribution in [3.8, 4) is 0 Å². The fourth-order valence-electron chi connectivity index (χ4n) is 3.27. The molecular formula is C14H42SeSi6. The van der Waals surface area contributed by atoms with Gasteiger partial charge in [0.15, 0.2) is 0 Å². The van der Waals surface area contributed by atoms with E-state index < -0.39 is 41.8 Å². The van der Waals surface area contributed by atoms with Crippen LogP contribution < -0.4 is 0 Å². The van der Waals surface area contributed by atoms with Crippen molar-refractivity contribution >= 4 is 55.5 Å². The summed E-state index contributed by atoms with van der Waals surface area (Å²) in [6, 6.07) is 0. The summed E-state index contributed by atoms with van der Waals surface area (Å²) < 4.78 is 0. The van der Waals surface area contributed by atoms with Gasteiger partial charge < -0.3 is 0 Å². The molecule has 0 aliphatic carbocycles. The zero-order chi connectivity index (χ0) is 17.7. The standard InChI is InChI=1S/C14H42SeSi6/c1-16(2,3)20(13,17(4,5)6)15-21(14,18(7,8)9)19(10,11)12/h1-14H3. The molecule has 0 radical (unpaired) electrons. The maximum atomic E-state index is 2.89. The first-order valence-electron chi connectivity index (χ1n) is 8.41. The Morgan fingerprint density at radius 1 is 0.333 bits per heavy atom. The van der Waals surface area contributed by atoms with Crippen molar-refractivity contribution in [1.29, 1.82) is 0 Å². The van der Waals surface area contributed by atoms with Crippen molar-refractivity contribution in [2.45, 2.75) is 91.7 Å². The summed E-state index contributed by atoms with van der Waals surface area (Å²) in [4.78, 5) is 0. The third kappa shape index (κ3) is 4.46. The van der Waals surface area contributed by atoms with Crippen LogP contribution in [0.4, 0.5) is 0 Å². The van der Waals surface area contributed by atoms with Crippen molar-refractivity contribution < 1.29 is 0 Å². The number of hydrogen-bond acceptors (Lipinski definition) is 0. The molecule has 0 saturated carbocycles. The third-order valence-corrected chi connectivity index (χ3v) is 163. The van der Waals surface area contributed by atoms with Gasteiger partial charge in [0.1, 0.15) is 0 Å². The van der Waals surface area contributed by atoms with Gasteiger partial charge in [-0.05, 0) is 0 Å². The summed E-state index contributed by atoms with van der Waals surface area (Å²) in [5, 5.41) is 0. The monoisotopic (exact) mass is 458 g/mol. The van der Waals surface area contributed by atoms with Gasteiger partial charge in [0, 0.05) is 0 Å². The topological polar surface area (TPSA) is 0 Å². The fraction of sp³-hybridized carbons (Fsp3) is 1.00.